The van der Waals surface area contributed by atoms with Crippen LogP contribution in [0.25, 0.3) is 10.2 Å². The summed E-state index contributed by atoms with van der Waals surface area (Å²) in [5, 5.41) is 3.24. The van der Waals surface area contributed by atoms with Gasteiger partial charge in [-0.3, -0.25) is 4.79 Å². The molecule has 0 bridgehead atoms. The van der Waals surface area contributed by atoms with Crippen LogP contribution in [0.1, 0.15) is 19.8 Å². The third kappa shape index (κ3) is 3.05. The standard InChI is InChI=1S/C12H12BrFN2OS/c1-2-3-8(13)11(17)16-12-15-9-5-4-7(14)6-10(9)18-12/h4-6,8H,2-3H2,1H3,(H,15,16,17)/t8-/m0/s1. The Kier molecular flexibility index (Phi) is 4.29. The van der Waals surface area contributed by atoms with Crippen molar-refractivity contribution in [3.63, 3.8) is 0 Å². The van der Waals surface area contributed by atoms with Gasteiger partial charge in [0.15, 0.2) is 5.13 Å². The van der Waals surface area contributed by atoms with Crippen molar-refractivity contribution in [2.45, 2.75) is 24.6 Å². The maximum atomic E-state index is 13.0. The smallest absolute Gasteiger partial charge is 0.239 e. The SMILES string of the molecule is CCC[C@H](Br)C(=O)Nc1nc2ccc(F)cc2s1. The molecular formula is C12H12BrFN2OS. The summed E-state index contributed by atoms with van der Waals surface area (Å²) in [6.07, 6.45) is 1.69. The van der Waals surface area contributed by atoms with Gasteiger partial charge in [-0.05, 0) is 24.6 Å². The predicted molar refractivity (Wildman–Crippen MR) is 75.8 cm³/mol. The zero-order valence-corrected chi connectivity index (χ0v) is 12.1. The lowest BCUT2D eigenvalue weighted by atomic mass is 10.2. The Morgan fingerprint density at radius 1 is 1.61 bits per heavy atom. The van der Waals surface area contributed by atoms with Crippen LogP contribution in [0.15, 0.2) is 18.2 Å². The van der Waals surface area contributed by atoms with E-state index in [9.17, 15) is 9.18 Å². The van der Waals surface area contributed by atoms with E-state index < -0.39 is 0 Å². The van der Waals surface area contributed by atoms with Crippen molar-refractivity contribution in [2.75, 3.05) is 5.32 Å². The first-order valence-corrected chi connectivity index (χ1v) is 7.34. The molecule has 2 aromatic rings. The zero-order chi connectivity index (χ0) is 13.1. The summed E-state index contributed by atoms with van der Waals surface area (Å²) >= 11 is 4.59. The molecule has 3 nitrogen and oxygen atoms in total. The molecule has 0 unspecified atom stereocenters. The molecule has 1 aromatic heterocycles. The van der Waals surface area contributed by atoms with Gasteiger partial charge in [-0.2, -0.15) is 0 Å². The fraction of sp³-hybridized carbons (Fsp3) is 0.333. The lowest BCUT2D eigenvalue weighted by Crippen LogP contribution is -2.22. The number of carbonyl (C=O) groups excluding carboxylic acids is 1. The minimum Gasteiger partial charge on any atom is -0.301 e. The highest BCUT2D eigenvalue weighted by Gasteiger charge is 2.15. The van der Waals surface area contributed by atoms with Crippen molar-refractivity contribution >= 4 is 48.5 Å². The first-order valence-electron chi connectivity index (χ1n) is 5.61. The molecule has 0 saturated heterocycles. The third-order valence-electron chi connectivity index (χ3n) is 2.41. The minimum atomic E-state index is -0.298. The molecule has 1 heterocycles. The summed E-state index contributed by atoms with van der Waals surface area (Å²) in [5.74, 6) is -0.412. The van der Waals surface area contributed by atoms with Gasteiger partial charge >= 0.3 is 0 Å². The zero-order valence-electron chi connectivity index (χ0n) is 9.74. The van der Waals surface area contributed by atoms with Crippen LogP contribution in [0.2, 0.25) is 0 Å². The number of hydrogen-bond acceptors (Lipinski definition) is 3. The summed E-state index contributed by atoms with van der Waals surface area (Å²) < 4.78 is 13.7. The van der Waals surface area contributed by atoms with Gasteiger partial charge < -0.3 is 5.32 Å². The molecule has 0 spiro atoms. The van der Waals surface area contributed by atoms with Crippen molar-refractivity contribution in [1.29, 1.82) is 0 Å². The number of carbonyl (C=O) groups is 1. The molecule has 1 N–H and O–H groups in total. The van der Waals surface area contributed by atoms with Gasteiger partial charge in [-0.25, -0.2) is 9.37 Å². The number of anilines is 1. The molecule has 1 aromatic carbocycles. The highest BCUT2D eigenvalue weighted by Crippen LogP contribution is 2.27. The van der Waals surface area contributed by atoms with E-state index in [4.69, 9.17) is 0 Å². The quantitative estimate of drug-likeness (QED) is 0.863. The monoisotopic (exact) mass is 330 g/mol. The van der Waals surface area contributed by atoms with Crippen LogP contribution in [0, 0.1) is 5.82 Å². The molecular weight excluding hydrogens is 319 g/mol. The number of rotatable bonds is 4. The van der Waals surface area contributed by atoms with Gasteiger partial charge in [0.2, 0.25) is 5.91 Å². The van der Waals surface area contributed by atoms with Crippen LogP contribution in [0.3, 0.4) is 0 Å². The molecule has 6 heteroatoms. The fourth-order valence-electron chi connectivity index (χ4n) is 1.52. The van der Waals surface area contributed by atoms with Gasteiger partial charge in [0.1, 0.15) is 5.82 Å². The molecule has 0 aliphatic carbocycles. The van der Waals surface area contributed by atoms with Crippen molar-refractivity contribution in [3.05, 3.63) is 24.0 Å². The Morgan fingerprint density at radius 2 is 2.39 bits per heavy atom. The normalized spacial score (nSPS) is 12.6. The molecule has 1 atom stereocenters. The number of hydrogen-bond donors (Lipinski definition) is 1. The molecule has 2 rings (SSSR count). The van der Waals surface area contributed by atoms with E-state index >= 15 is 0 Å². The Bertz CT molecular complexity index is 572. The molecule has 0 radical (unpaired) electrons. The van der Waals surface area contributed by atoms with E-state index in [1.54, 1.807) is 6.07 Å². The second kappa shape index (κ2) is 5.75. The molecule has 96 valence electrons. The Hall–Kier alpha value is -1.01. The number of aromatic nitrogens is 1. The van der Waals surface area contributed by atoms with Gasteiger partial charge in [0.05, 0.1) is 15.0 Å². The Balaban J connectivity index is 2.14. The van der Waals surface area contributed by atoms with Crippen LogP contribution in [-0.4, -0.2) is 15.7 Å². The van der Waals surface area contributed by atoms with Gasteiger partial charge in [-0.15, -0.1) is 0 Å². The number of nitrogens with one attached hydrogen (secondary N) is 1. The molecule has 0 fully saturated rings. The summed E-state index contributed by atoms with van der Waals surface area (Å²) in [6, 6.07) is 4.38. The van der Waals surface area contributed by atoms with Crippen molar-refractivity contribution in [1.82, 2.24) is 4.98 Å². The van der Waals surface area contributed by atoms with E-state index in [2.05, 4.69) is 26.2 Å². The summed E-state index contributed by atoms with van der Waals surface area (Å²) in [6.45, 7) is 2.02. The molecule has 0 aliphatic rings. The van der Waals surface area contributed by atoms with E-state index in [0.29, 0.717) is 10.6 Å². The Labute approximate surface area is 117 Å². The van der Waals surface area contributed by atoms with Crippen molar-refractivity contribution in [3.8, 4) is 0 Å². The van der Waals surface area contributed by atoms with Crippen molar-refractivity contribution in [2.24, 2.45) is 0 Å². The number of halogens is 2. The number of thiazole rings is 1. The highest BCUT2D eigenvalue weighted by atomic mass is 79.9. The largest absolute Gasteiger partial charge is 0.301 e. The summed E-state index contributed by atoms with van der Waals surface area (Å²) in [5.41, 5.74) is 0.693. The van der Waals surface area contributed by atoms with Crippen LogP contribution in [-0.2, 0) is 4.79 Å². The number of fused-ring (bicyclic) bond motifs is 1. The average Bonchev–Trinajstić information content (AvgIpc) is 2.70. The average molecular weight is 331 g/mol. The first kappa shape index (κ1) is 13.4. The van der Waals surface area contributed by atoms with Crippen molar-refractivity contribution < 1.29 is 9.18 Å². The van der Waals surface area contributed by atoms with Crippen LogP contribution in [0.4, 0.5) is 9.52 Å². The summed E-state index contributed by atoms with van der Waals surface area (Å²) in [7, 11) is 0. The maximum Gasteiger partial charge on any atom is 0.239 e. The fourth-order valence-corrected chi connectivity index (χ4v) is 2.99. The first-order chi connectivity index (χ1) is 8.60. The number of amides is 1. The van der Waals surface area contributed by atoms with E-state index in [1.807, 2.05) is 6.92 Å². The van der Waals surface area contributed by atoms with Crippen LogP contribution in [0.5, 0.6) is 0 Å². The lowest BCUT2D eigenvalue weighted by Gasteiger charge is -2.06. The van der Waals surface area contributed by atoms with Crippen LogP contribution < -0.4 is 5.32 Å². The summed E-state index contributed by atoms with van der Waals surface area (Å²) in [4.78, 5) is 15.8. The van der Waals surface area contributed by atoms with Gasteiger partial charge in [0.25, 0.3) is 0 Å². The molecule has 1 amide bonds. The van der Waals surface area contributed by atoms with Gasteiger partial charge in [0, 0.05) is 0 Å². The minimum absolute atomic E-state index is 0.114. The van der Waals surface area contributed by atoms with E-state index in [-0.39, 0.29) is 16.6 Å². The molecule has 18 heavy (non-hydrogen) atoms. The molecule has 0 aliphatic heterocycles. The van der Waals surface area contributed by atoms with E-state index in [1.165, 1.54) is 23.5 Å². The molecule has 0 saturated carbocycles. The Morgan fingerprint density at radius 3 is 3.11 bits per heavy atom. The van der Waals surface area contributed by atoms with Crippen LogP contribution >= 0.6 is 27.3 Å². The van der Waals surface area contributed by atoms with E-state index in [0.717, 1.165) is 17.5 Å². The third-order valence-corrected chi connectivity index (χ3v) is 4.21. The highest BCUT2D eigenvalue weighted by molar-refractivity contribution is 9.10. The van der Waals surface area contributed by atoms with Gasteiger partial charge in [-0.1, -0.05) is 40.6 Å². The lowest BCUT2D eigenvalue weighted by molar-refractivity contribution is -0.115. The second-order valence-electron chi connectivity index (χ2n) is 3.88. The topological polar surface area (TPSA) is 42.0 Å². The second-order valence-corrected chi connectivity index (χ2v) is 6.01. The maximum absolute atomic E-state index is 13.0. The number of benzene rings is 1. The predicted octanol–water partition coefficient (Wildman–Crippen LogP) is 3.94. The number of nitrogens with zero attached hydrogens (tertiary/aromatic N) is 1. The number of alkyl halides is 1.